The molecule has 2 unspecified atom stereocenters. The maximum atomic E-state index is 12.9. The van der Waals surface area contributed by atoms with Gasteiger partial charge in [-0.3, -0.25) is 0 Å². The highest BCUT2D eigenvalue weighted by atomic mass is 35.5. The highest BCUT2D eigenvalue weighted by Gasteiger charge is 2.79. The molecule has 0 N–H and O–H groups in total. The van der Waals surface area contributed by atoms with Crippen LogP contribution in [0.4, 0.5) is 0 Å². The standard InChI is InChI=1S/C23H19Cl2NO2/c1-28-21(27)20(17-11-5-2-6-12-17)26-22(23(26,24)25,18-13-7-3-8-14-18)19-15-9-4-10-16-19/h2-16,20H,1H3. The van der Waals surface area contributed by atoms with Gasteiger partial charge in [-0.1, -0.05) is 114 Å². The lowest BCUT2D eigenvalue weighted by molar-refractivity contribution is -0.145. The fourth-order valence-corrected chi connectivity index (χ4v) is 4.95. The molecule has 0 aromatic heterocycles. The second kappa shape index (κ2) is 7.25. The quantitative estimate of drug-likeness (QED) is 0.247. The molecule has 3 aromatic rings. The van der Waals surface area contributed by atoms with Crippen LogP contribution in [0.1, 0.15) is 22.7 Å². The molecule has 3 aromatic carbocycles. The molecule has 0 saturated carbocycles. The summed E-state index contributed by atoms with van der Waals surface area (Å²) in [4.78, 5) is 14.7. The first kappa shape index (κ1) is 19.0. The average Bonchev–Trinajstić information content (AvgIpc) is 3.26. The molecule has 0 aliphatic carbocycles. The lowest BCUT2D eigenvalue weighted by Crippen LogP contribution is -2.28. The third kappa shape index (κ3) is 2.74. The van der Waals surface area contributed by atoms with Gasteiger partial charge in [-0.15, -0.1) is 0 Å². The van der Waals surface area contributed by atoms with Crippen LogP contribution in [0.5, 0.6) is 0 Å². The van der Waals surface area contributed by atoms with E-state index < -0.39 is 22.0 Å². The molecule has 1 saturated heterocycles. The Bertz CT molecular complexity index is 922. The van der Waals surface area contributed by atoms with Crippen molar-refractivity contribution in [1.29, 1.82) is 0 Å². The van der Waals surface area contributed by atoms with Crippen molar-refractivity contribution in [2.24, 2.45) is 0 Å². The first-order valence-electron chi connectivity index (χ1n) is 8.96. The molecule has 4 rings (SSSR count). The van der Waals surface area contributed by atoms with Crippen LogP contribution in [-0.2, 0) is 15.1 Å². The van der Waals surface area contributed by atoms with Gasteiger partial charge < -0.3 is 4.74 Å². The van der Waals surface area contributed by atoms with Crippen molar-refractivity contribution in [3.63, 3.8) is 0 Å². The van der Waals surface area contributed by atoms with Crippen LogP contribution in [0.15, 0.2) is 91.0 Å². The van der Waals surface area contributed by atoms with Crippen molar-refractivity contribution in [2.75, 3.05) is 7.11 Å². The van der Waals surface area contributed by atoms with Gasteiger partial charge in [0.05, 0.1) is 7.11 Å². The van der Waals surface area contributed by atoms with Crippen molar-refractivity contribution < 1.29 is 9.53 Å². The number of nitrogens with zero attached hydrogens (tertiary/aromatic N) is 1. The summed E-state index contributed by atoms with van der Waals surface area (Å²) in [6.07, 6.45) is 0. The van der Waals surface area contributed by atoms with E-state index in [0.717, 1.165) is 16.7 Å². The number of hydrogen-bond acceptors (Lipinski definition) is 3. The van der Waals surface area contributed by atoms with Gasteiger partial charge >= 0.3 is 5.97 Å². The van der Waals surface area contributed by atoms with Gasteiger partial charge in [0, 0.05) is 0 Å². The molecular weight excluding hydrogens is 393 g/mol. The molecule has 28 heavy (non-hydrogen) atoms. The molecular formula is C23H19Cl2NO2. The number of alkyl halides is 2. The summed E-state index contributed by atoms with van der Waals surface area (Å²) in [6, 6.07) is 28.2. The highest BCUT2D eigenvalue weighted by molar-refractivity contribution is 6.52. The van der Waals surface area contributed by atoms with Gasteiger partial charge in [-0.05, 0) is 16.7 Å². The van der Waals surface area contributed by atoms with E-state index in [0.29, 0.717) is 0 Å². The lowest BCUT2D eigenvalue weighted by atomic mass is 9.90. The topological polar surface area (TPSA) is 29.3 Å². The summed E-state index contributed by atoms with van der Waals surface area (Å²) >= 11 is 13.9. The third-order valence-electron chi connectivity index (χ3n) is 5.23. The van der Waals surface area contributed by atoms with E-state index in [-0.39, 0.29) is 0 Å². The molecule has 5 heteroatoms. The van der Waals surface area contributed by atoms with Crippen LogP contribution in [0.3, 0.4) is 0 Å². The van der Waals surface area contributed by atoms with Crippen molar-refractivity contribution in [3.8, 4) is 0 Å². The number of rotatable bonds is 5. The summed E-state index contributed by atoms with van der Waals surface area (Å²) in [7, 11) is 1.37. The zero-order valence-corrected chi connectivity index (χ0v) is 16.8. The van der Waals surface area contributed by atoms with Crippen LogP contribution < -0.4 is 0 Å². The zero-order chi connectivity index (χ0) is 19.8. The largest absolute Gasteiger partial charge is 0.468 e. The summed E-state index contributed by atoms with van der Waals surface area (Å²) in [5, 5.41) is 0. The fraction of sp³-hybridized carbons (Fsp3) is 0.174. The fourth-order valence-electron chi connectivity index (χ4n) is 3.97. The van der Waals surface area contributed by atoms with Crippen LogP contribution in [0, 0.1) is 0 Å². The van der Waals surface area contributed by atoms with E-state index in [2.05, 4.69) is 0 Å². The van der Waals surface area contributed by atoms with Crippen molar-refractivity contribution in [2.45, 2.75) is 16.0 Å². The number of carbonyl (C=O) groups is 1. The van der Waals surface area contributed by atoms with Gasteiger partial charge in [-0.25, -0.2) is 9.69 Å². The summed E-state index contributed by atoms with van der Waals surface area (Å²) in [5.74, 6) is -0.411. The zero-order valence-electron chi connectivity index (χ0n) is 15.3. The van der Waals surface area contributed by atoms with Gasteiger partial charge in [0.1, 0.15) is 11.6 Å². The second-order valence-corrected chi connectivity index (χ2v) is 7.98. The van der Waals surface area contributed by atoms with Crippen LogP contribution in [0.25, 0.3) is 0 Å². The number of esters is 1. The summed E-state index contributed by atoms with van der Waals surface area (Å²) in [5.41, 5.74) is 1.72. The van der Waals surface area contributed by atoms with Gasteiger partial charge in [-0.2, -0.15) is 0 Å². The van der Waals surface area contributed by atoms with Crippen LogP contribution in [0.2, 0.25) is 0 Å². The molecule has 142 valence electrons. The molecule has 1 aliphatic rings. The molecule has 0 bridgehead atoms. The molecule has 0 amide bonds. The lowest BCUT2D eigenvalue weighted by Gasteiger charge is -2.23. The summed E-state index contributed by atoms with van der Waals surface area (Å²) < 4.78 is 3.80. The monoisotopic (exact) mass is 411 g/mol. The number of methoxy groups -OCH3 is 1. The van der Waals surface area contributed by atoms with E-state index in [1.165, 1.54) is 7.11 Å². The van der Waals surface area contributed by atoms with Gasteiger partial charge in [0.25, 0.3) is 0 Å². The Balaban J connectivity index is 1.94. The minimum Gasteiger partial charge on any atom is -0.468 e. The predicted molar refractivity (Wildman–Crippen MR) is 111 cm³/mol. The number of hydrogen-bond donors (Lipinski definition) is 0. The first-order chi connectivity index (χ1) is 13.5. The van der Waals surface area contributed by atoms with E-state index in [1.807, 2.05) is 95.9 Å². The predicted octanol–water partition coefficient (Wildman–Crippen LogP) is 5.29. The maximum absolute atomic E-state index is 12.9. The van der Waals surface area contributed by atoms with Gasteiger partial charge in [0.15, 0.2) is 4.46 Å². The Hall–Kier alpha value is -2.33. The molecule has 2 atom stereocenters. The van der Waals surface area contributed by atoms with E-state index in [9.17, 15) is 4.79 Å². The number of halogens is 2. The normalized spacial score (nSPS) is 20.2. The molecule has 0 radical (unpaired) electrons. The minimum atomic E-state index is -1.33. The smallest absolute Gasteiger partial charge is 0.327 e. The Morgan fingerprint density at radius 3 is 1.68 bits per heavy atom. The number of carbonyl (C=O) groups excluding carboxylic acids is 1. The van der Waals surface area contributed by atoms with E-state index in [1.54, 1.807) is 0 Å². The molecule has 0 spiro atoms. The third-order valence-corrected chi connectivity index (χ3v) is 6.14. The Morgan fingerprint density at radius 1 is 0.821 bits per heavy atom. The number of ether oxygens (including phenoxy) is 1. The summed E-state index contributed by atoms with van der Waals surface area (Å²) in [6.45, 7) is 0. The van der Waals surface area contributed by atoms with Crippen LogP contribution in [-0.4, -0.2) is 22.4 Å². The van der Waals surface area contributed by atoms with Crippen molar-refractivity contribution in [3.05, 3.63) is 108 Å². The van der Waals surface area contributed by atoms with Crippen molar-refractivity contribution >= 4 is 29.2 Å². The molecule has 3 nitrogen and oxygen atoms in total. The highest BCUT2D eigenvalue weighted by Crippen LogP contribution is 2.70. The molecule has 1 aliphatic heterocycles. The first-order valence-corrected chi connectivity index (χ1v) is 9.72. The van der Waals surface area contributed by atoms with E-state index >= 15 is 0 Å². The number of benzene rings is 3. The van der Waals surface area contributed by atoms with E-state index in [4.69, 9.17) is 27.9 Å². The molecule has 1 fully saturated rings. The maximum Gasteiger partial charge on any atom is 0.327 e. The SMILES string of the molecule is COC(=O)C(c1ccccc1)N1C(Cl)(Cl)C1(c1ccccc1)c1ccccc1. The van der Waals surface area contributed by atoms with Gasteiger partial charge in [0.2, 0.25) is 0 Å². The second-order valence-electron chi connectivity index (χ2n) is 6.69. The average molecular weight is 412 g/mol. The minimum absolute atomic E-state index is 0.411. The molecule has 1 heterocycles. The van der Waals surface area contributed by atoms with Crippen molar-refractivity contribution in [1.82, 2.24) is 4.90 Å². The Morgan fingerprint density at radius 2 is 1.25 bits per heavy atom. The Kier molecular flexibility index (Phi) is 4.92. The Labute approximate surface area is 174 Å². The van der Waals surface area contributed by atoms with Crippen LogP contribution >= 0.6 is 23.2 Å².